The van der Waals surface area contributed by atoms with Crippen molar-refractivity contribution in [3.63, 3.8) is 0 Å². The second-order valence-electron chi connectivity index (χ2n) is 6.08. The molecule has 3 saturated heterocycles. The maximum atomic E-state index is 12.5. The Bertz CT molecular complexity index is 622. The second-order valence-corrected chi connectivity index (χ2v) is 7.79. The maximum Gasteiger partial charge on any atom is 0.240 e. The van der Waals surface area contributed by atoms with Crippen molar-refractivity contribution < 1.29 is 8.42 Å². The van der Waals surface area contributed by atoms with Gasteiger partial charge in [-0.3, -0.25) is 0 Å². The molecule has 0 spiro atoms. The lowest BCUT2D eigenvalue weighted by Crippen LogP contribution is -2.57. The number of anilines is 1. The Morgan fingerprint density at radius 3 is 2.57 bits per heavy atom. The highest BCUT2D eigenvalue weighted by molar-refractivity contribution is 7.89. The van der Waals surface area contributed by atoms with Crippen LogP contribution in [0.2, 0.25) is 0 Å². The van der Waals surface area contributed by atoms with Crippen LogP contribution >= 0.6 is 0 Å². The van der Waals surface area contributed by atoms with Crippen LogP contribution in [0.3, 0.4) is 0 Å². The Kier molecular flexibility index (Phi) is 3.94. The monoisotopic (exact) mass is 309 g/mol. The fourth-order valence-electron chi connectivity index (χ4n) is 3.43. The van der Waals surface area contributed by atoms with Crippen molar-refractivity contribution in [3.05, 3.63) is 23.8 Å². The van der Waals surface area contributed by atoms with Crippen LogP contribution in [0.1, 0.15) is 25.3 Å². The number of piperidine rings is 3. The van der Waals surface area contributed by atoms with E-state index in [2.05, 4.69) is 9.62 Å². The predicted octanol–water partition coefficient (Wildman–Crippen LogP) is 1.20. The number of nitrogen functional groups attached to an aromatic ring is 1. The molecule has 5 nitrogen and oxygen atoms in total. The lowest BCUT2D eigenvalue weighted by Gasteiger charge is -2.44. The van der Waals surface area contributed by atoms with Crippen molar-refractivity contribution in [1.82, 2.24) is 9.62 Å². The Balaban J connectivity index is 1.79. The third kappa shape index (κ3) is 2.93. The molecule has 0 aliphatic carbocycles. The molecule has 3 N–H and O–H groups in total. The van der Waals surface area contributed by atoms with E-state index in [0.717, 1.165) is 44.5 Å². The molecule has 0 amide bonds. The number of nitrogens with one attached hydrogen (secondary N) is 1. The summed E-state index contributed by atoms with van der Waals surface area (Å²) in [6.07, 6.45) is 2.98. The smallest absolute Gasteiger partial charge is 0.240 e. The van der Waals surface area contributed by atoms with Crippen molar-refractivity contribution in [3.8, 4) is 0 Å². The highest BCUT2D eigenvalue weighted by Gasteiger charge is 2.36. The van der Waals surface area contributed by atoms with Crippen LogP contribution in [0.4, 0.5) is 5.69 Å². The van der Waals surface area contributed by atoms with Crippen molar-refractivity contribution in [2.45, 2.75) is 37.1 Å². The van der Waals surface area contributed by atoms with Gasteiger partial charge in [-0.15, -0.1) is 0 Å². The lowest BCUT2D eigenvalue weighted by molar-refractivity contribution is 0.0827. The first kappa shape index (κ1) is 14.8. The Morgan fingerprint density at radius 2 is 2.05 bits per heavy atom. The average molecular weight is 309 g/mol. The van der Waals surface area contributed by atoms with Crippen molar-refractivity contribution in [2.24, 2.45) is 5.92 Å². The molecule has 3 aliphatic heterocycles. The zero-order valence-electron chi connectivity index (χ0n) is 12.4. The largest absolute Gasteiger partial charge is 0.398 e. The van der Waals surface area contributed by atoms with Gasteiger partial charge in [0.2, 0.25) is 10.0 Å². The van der Waals surface area contributed by atoms with E-state index in [-0.39, 0.29) is 10.9 Å². The van der Waals surface area contributed by atoms with Crippen LogP contribution in [0.5, 0.6) is 0 Å². The molecular formula is C15H23N3O2S. The summed E-state index contributed by atoms with van der Waals surface area (Å²) < 4.78 is 28.0. The van der Waals surface area contributed by atoms with Gasteiger partial charge in [-0.05, 0) is 56.0 Å². The SMILES string of the molecule is CCc1ccc(S(=O)(=O)NC2CN3CCC2CC3)cc1N. The van der Waals surface area contributed by atoms with Crippen LogP contribution in [0.15, 0.2) is 23.1 Å². The van der Waals surface area contributed by atoms with E-state index >= 15 is 0 Å². The first-order chi connectivity index (χ1) is 9.99. The molecule has 1 unspecified atom stereocenters. The summed E-state index contributed by atoms with van der Waals surface area (Å²) in [7, 11) is -3.49. The summed E-state index contributed by atoms with van der Waals surface area (Å²) in [4.78, 5) is 2.61. The first-order valence-corrected chi connectivity index (χ1v) is 9.11. The van der Waals surface area contributed by atoms with Crippen LogP contribution in [0, 0.1) is 5.92 Å². The molecule has 1 aromatic rings. The number of rotatable bonds is 4. The van der Waals surface area contributed by atoms with E-state index in [1.165, 1.54) is 0 Å². The normalized spacial score (nSPS) is 28.7. The molecule has 3 heterocycles. The zero-order chi connectivity index (χ0) is 15.0. The van der Waals surface area contributed by atoms with Gasteiger partial charge in [-0.1, -0.05) is 13.0 Å². The van der Waals surface area contributed by atoms with Gasteiger partial charge >= 0.3 is 0 Å². The zero-order valence-corrected chi connectivity index (χ0v) is 13.2. The fraction of sp³-hybridized carbons (Fsp3) is 0.600. The van der Waals surface area contributed by atoms with E-state index in [1.54, 1.807) is 18.2 Å². The van der Waals surface area contributed by atoms with Gasteiger partial charge in [0.1, 0.15) is 0 Å². The van der Waals surface area contributed by atoms with Crippen molar-refractivity contribution in [2.75, 3.05) is 25.4 Å². The van der Waals surface area contributed by atoms with E-state index in [9.17, 15) is 8.42 Å². The third-order valence-electron chi connectivity index (χ3n) is 4.77. The van der Waals surface area contributed by atoms with Gasteiger partial charge in [-0.2, -0.15) is 0 Å². The molecule has 0 saturated carbocycles. The number of benzene rings is 1. The van der Waals surface area contributed by atoms with Gasteiger partial charge in [0.05, 0.1) is 4.90 Å². The fourth-order valence-corrected chi connectivity index (χ4v) is 4.76. The first-order valence-electron chi connectivity index (χ1n) is 7.62. The third-order valence-corrected chi connectivity index (χ3v) is 6.26. The van der Waals surface area contributed by atoms with Gasteiger partial charge < -0.3 is 10.6 Å². The van der Waals surface area contributed by atoms with Gasteiger partial charge in [0, 0.05) is 18.3 Å². The van der Waals surface area contributed by atoms with E-state index < -0.39 is 10.0 Å². The minimum atomic E-state index is -3.49. The highest BCUT2D eigenvalue weighted by Crippen LogP contribution is 2.29. The van der Waals surface area contributed by atoms with Gasteiger partial charge in [0.15, 0.2) is 0 Å². The van der Waals surface area contributed by atoms with Crippen LogP contribution in [0.25, 0.3) is 0 Å². The van der Waals surface area contributed by atoms with Crippen LogP contribution < -0.4 is 10.5 Å². The number of nitrogens with two attached hydrogens (primary N) is 1. The number of fused-ring (bicyclic) bond motifs is 3. The molecule has 4 rings (SSSR count). The second kappa shape index (κ2) is 5.59. The van der Waals surface area contributed by atoms with Crippen molar-refractivity contribution >= 4 is 15.7 Å². The lowest BCUT2D eigenvalue weighted by atomic mass is 9.85. The quantitative estimate of drug-likeness (QED) is 0.820. The molecular weight excluding hydrogens is 286 g/mol. The summed E-state index contributed by atoms with van der Waals surface area (Å²) in [5.41, 5.74) is 7.46. The summed E-state index contributed by atoms with van der Waals surface area (Å²) >= 11 is 0. The summed E-state index contributed by atoms with van der Waals surface area (Å²) in [6, 6.07) is 5.06. The molecule has 21 heavy (non-hydrogen) atoms. The molecule has 2 bridgehead atoms. The summed E-state index contributed by atoms with van der Waals surface area (Å²) in [5.74, 6) is 0.469. The molecule has 3 fully saturated rings. The Hall–Kier alpha value is -1.11. The minimum absolute atomic E-state index is 0.0320. The van der Waals surface area contributed by atoms with Gasteiger partial charge in [0.25, 0.3) is 0 Å². The number of hydrogen-bond acceptors (Lipinski definition) is 4. The molecule has 0 aromatic heterocycles. The predicted molar refractivity (Wildman–Crippen MR) is 83.5 cm³/mol. The summed E-state index contributed by atoms with van der Waals surface area (Å²) in [6.45, 7) is 5.03. The number of hydrogen-bond donors (Lipinski definition) is 2. The molecule has 3 aliphatic rings. The Morgan fingerprint density at radius 1 is 1.33 bits per heavy atom. The van der Waals surface area contributed by atoms with E-state index in [4.69, 9.17) is 5.73 Å². The highest BCUT2D eigenvalue weighted by atomic mass is 32.2. The average Bonchev–Trinajstić information content (AvgIpc) is 2.48. The minimum Gasteiger partial charge on any atom is -0.398 e. The van der Waals surface area contributed by atoms with Crippen LogP contribution in [-0.4, -0.2) is 39.0 Å². The molecule has 116 valence electrons. The van der Waals surface area contributed by atoms with E-state index in [1.807, 2.05) is 6.92 Å². The molecule has 0 radical (unpaired) electrons. The molecule has 1 aromatic carbocycles. The molecule has 1 atom stereocenters. The van der Waals surface area contributed by atoms with Crippen molar-refractivity contribution in [1.29, 1.82) is 0 Å². The standard InChI is InChI=1S/C15H23N3O2S/c1-2-11-3-4-13(9-14(11)16)21(19,20)17-15-10-18-7-5-12(15)6-8-18/h3-4,9,12,15,17H,2,5-8,10,16H2,1H3. The molecule has 6 heteroatoms. The van der Waals surface area contributed by atoms with E-state index in [0.29, 0.717) is 11.6 Å². The Labute approximate surface area is 126 Å². The maximum absolute atomic E-state index is 12.5. The van der Waals surface area contributed by atoms with Gasteiger partial charge in [-0.25, -0.2) is 13.1 Å². The van der Waals surface area contributed by atoms with Crippen LogP contribution in [-0.2, 0) is 16.4 Å². The number of sulfonamides is 1. The number of aryl methyl sites for hydroxylation is 1. The number of nitrogens with zero attached hydrogens (tertiary/aromatic N) is 1. The topological polar surface area (TPSA) is 75.4 Å². The summed E-state index contributed by atoms with van der Waals surface area (Å²) in [5, 5.41) is 0.